The number of terminal acetylenes is 1. The standard InChI is InChI=1S/C15H14ClF5O2/c1-4-10(9(18)5-6-17)23-13(22)12-8(14(12,2)3)7-11(16)15(19,20)21/h1,5,7-8,10,12H,6H2,2-3H3/b9-5-,11-7-. The first-order valence-electron chi connectivity index (χ1n) is 6.49. The predicted octanol–water partition coefficient (Wildman–Crippen LogP) is 4.31. The summed E-state index contributed by atoms with van der Waals surface area (Å²) in [6, 6.07) is 0. The Morgan fingerprint density at radius 2 is 2.04 bits per heavy atom. The zero-order chi connectivity index (χ0) is 18.0. The Labute approximate surface area is 135 Å². The van der Waals surface area contributed by atoms with Gasteiger partial charge in [0.1, 0.15) is 11.7 Å². The number of alkyl halides is 4. The number of carbonyl (C=O) groups excluding carboxylic acids is 1. The van der Waals surface area contributed by atoms with Crippen molar-refractivity contribution in [2.24, 2.45) is 17.3 Å². The summed E-state index contributed by atoms with van der Waals surface area (Å²) in [5.41, 5.74) is -0.845. The topological polar surface area (TPSA) is 26.3 Å². The first-order chi connectivity index (χ1) is 10.5. The SMILES string of the molecule is C#CC(OC(=O)C1C(/C=C(\Cl)C(F)(F)F)C1(C)C)/C(F)=C/CF. The minimum Gasteiger partial charge on any atom is -0.441 e. The fourth-order valence-electron chi connectivity index (χ4n) is 2.23. The Morgan fingerprint density at radius 1 is 1.48 bits per heavy atom. The van der Waals surface area contributed by atoms with Gasteiger partial charge in [0.25, 0.3) is 0 Å². The van der Waals surface area contributed by atoms with Crippen LogP contribution in [0.25, 0.3) is 0 Å². The van der Waals surface area contributed by atoms with Crippen LogP contribution in [0.4, 0.5) is 22.0 Å². The van der Waals surface area contributed by atoms with Gasteiger partial charge in [0.05, 0.1) is 5.92 Å². The highest BCUT2D eigenvalue weighted by Gasteiger charge is 2.62. The Bertz CT molecular complexity index is 571. The van der Waals surface area contributed by atoms with Gasteiger partial charge < -0.3 is 4.74 Å². The molecule has 1 rings (SSSR count). The van der Waals surface area contributed by atoms with Gasteiger partial charge in [-0.2, -0.15) is 13.2 Å². The van der Waals surface area contributed by atoms with Crippen LogP contribution < -0.4 is 0 Å². The molecule has 0 aromatic heterocycles. The summed E-state index contributed by atoms with van der Waals surface area (Å²) >= 11 is 5.15. The van der Waals surface area contributed by atoms with Crippen molar-refractivity contribution < 1.29 is 31.5 Å². The van der Waals surface area contributed by atoms with E-state index in [0.717, 1.165) is 6.08 Å². The van der Waals surface area contributed by atoms with Gasteiger partial charge in [0.2, 0.25) is 6.10 Å². The Balaban J connectivity index is 2.86. The lowest BCUT2D eigenvalue weighted by Crippen LogP contribution is -2.20. The number of hydrogen-bond acceptors (Lipinski definition) is 2. The minimum absolute atomic E-state index is 0.508. The van der Waals surface area contributed by atoms with E-state index in [1.165, 1.54) is 0 Å². The average Bonchev–Trinajstić information content (AvgIpc) is 2.96. The third-order valence-electron chi connectivity index (χ3n) is 3.67. The number of allylic oxidation sites excluding steroid dienone is 3. The normalized spacial score (nSPS) is 25.5. The van der Waals surface area contributed by atoms with E-state index in [1.807, 2.05) is 5.92 Å². The zero-order valence-corrected chi connectivity index (χ0v) is 13.0. The molecule has 0 heterocycles. The third kappa shape index (κ3) is 4.47. The van der Waals surface area contributed by atoms with E-state index in [0.29, 0.717) is 6.08 Å². The van der Waals surface area contributed by atoms with Crippen LogP contribution in [0, 0.1) is 29.6 Å². The summed E-state index contributed by atoms with van der Waals surface area (Å²) in [7, 11) is 0. The van der Waals surface area contributed by atoms with E-state index >= 15 is 0 Å². The number of rotatable bonds is 5. The fraction of sp³-hybridized carbons (Fsp3) is 0.533. The summed E-state index contributed by atoms with van der Waals surface area (Å²) in [4.78, 5) is 12.0. The molecular weight excluding hydrogens is 343 g/mol. The molecule has 1 aliphatic carbocycles. The summed E-state index contributed by atoms with van der Waals surface area (Å²) in [5.74, 6) is -2.06. The maximum atomic E-state index is 13.4. The second-order valence-corrected chi connectivity index (χ2v) is 5.97. The lowest BCUT2D eigenvalue weighted by molar-refractivity contribution is -0.148. The monoisotopic (exact) mass is 356 g/mol. The second kappa shape index (κ2) is 6.91. The van der Waals surface area contributed by atoms with Gasteiger partial charge in [-0.15, -0.1) is 6.42 Å². The van der Waals surface area contributed by atoms with E-state index in [9.17, 15) is 26.7 Å². The highest BCUT2D eigenvalue weighted by Crippen LogP contribution is 2.60. The van der Waals surface area contributed by atoms with Crippen LogP contribution in [-0.2, 0) is 9.53 Å². The van der Waals surface area contributed by atoms with E-state index in [-0.39, 0.29) is 0 Å². The molecule has 0 spiro atoms. The highest BCUT2D eigenvalue weighted by atomic mass is 35.5. The van der Waals surface area contributed by atoms with E-state index < -0.39 is 53.0 Å². The van der Waals surface area contributed by atoms with Crippen molar-refractivity contribution >= 4 is 17.6 Å². The zero-order valence-electron chi connectivity index (χ0n) is 12.3. The molecule has 8 heteroatoms. The van der Waals surface area contributed by atoms with Crippen molar-refractivity contribution in [2.45, 2.75) is 26.1 Å². The Morgan fingerprint density at radius 3 is 2.48 bits per heavy atom. The molecule has 1 fully saturated rings. The number of halogens is 6. The van der Waals surface area contributed by atoms with Gasteiger partial charge in [0.15, 0.2) is 5.83 Å². The van der Waals surface area contributed by atoms with Crippen LogP contribution >= 0.6 is 11.6 Å². The lowest BCUT2D eigenvalue weighted by atomic mass is 10.1. The molecule has 2 nitrogen and oxygen atoms in total. The molecule has 0 bridgehead atoms. The van der Waals surface area contributed by atoms with Crippen molar-refractivity contribution in [1.29, 1.82) is 0 Å². The largest absolute Gasteiger partial charge is 0.441 e. The number of carbonyl (C=O) groups is 1. The van der Waals surface area contributed by atoms with Crippen LogP contribution in [0.1, 0.15) is 13.8 Å². The Kier molecular flexibility index (Phi) is 5.86. The van der Waals surface area contributed by atoms with Crippen LogP contribution in [0.3, 0.4) is 0 Å². The molecular formula is C15H14ClF5O2. The molecule has 1 aliphatic rings. The molecule has 0 saturated heterocycles. The molecule has 23 heavy (non-hydrogen) atoms. The third-order valence-corrected chi connectivity index (χ3v) is 4.01. The van der Waals surface area contributed by atoms with Gasteiger partial charge >= 0.3 is 12.1 Å². The molecule has 0 aromatic carbocycles. The van der Waals surface area contributed by atoms with Crippen LogP contribution in [0.15, 0.2) is 23.0 Å². The number of ether oxygens (including phenoxy) is 1. The number of esters is 1. The van der Waals surface area contributed by atoms with Crippen LogP contribution in [-0.4, -0.2) is 24.9 Å². The summed E-state index contributed by atoms with van der Waals surface area (Å²) < 4.78 is 67.5. The molecule has 0 amide bonds. The maximum absolute atomic E-state index is 13.4. The van der Waals surface area contributed by atoms with Crippen molar-refractivity contribution in [3.8, 4) is 12.3 Å². The number of hydrogen-bond donors (Lipinski definition) is 0. The predicted molar refractivity (Wildman–Crippen MR) is 74.6 cm³/mol. The second-order valence-electron chi connectivity index (χ2n) is 5.56. The van der Waals surface area contributed by atoms with Crippen molar-refractivity contribution in [2.75, 3.05) is 6.67 Å². The molecule has 3 unspecified atom stereocenters. The van der Waals surface area contributed by atoms with E-state index in [2.05, 4.69) is 0 Å². The molecule has 1 saturated carbocycles. The summed E-state index contributed by atoms with van der Waals surface area (Å²) in [6.07, 6.45) is -0.190. The van der Waals surface area contributed by atoms with Crippen LogP contribution in [0.2, 0.25) is 0 Å². The van der Waals surface area contributed by atoms with Crippen molar-refractivity contribution in [1.82, 2.24) is 0 Å². The minimum atomic E-state index is -4.72. The molecule has 0 radical (unpaired) electrons. The quantitative estimate of drug-likeness (QED) is 0.417. The van der Waals surface area contributed by atoms with Gasteiger partial charge in [-0.05, 0) is 17.4 Å². The first kappa shape index (κ1) is 19.5. The molecule has 0 N–H and O–H groups in total. The Hall–Kier alpha value is -1.55. The fourth-order valence-corrected chi connectivity index (χ4v) is 2.37. The first-order valence-corrected chi connectivity index (χ1v) is 6.87. The van der Waals surface area contributed by atoms with Crippen molar-refractivity contribution in [3.63, 3.8) is 0 Å². The van der Waals surface area contributed by atoms with E-state index in [4.69, 9.17) is 22.8 Å². The smallest absolute Gasteiger partial charge is 0.426 e. The summed E-state index contributed by atoms with van der Waals surface area (Å²) in [5, 5.41) is -1.34. The lowest BCUT2D eigenvalue weighted by Gasteiger charge is -2.11. The van der Waals surface area contributed by atoms with Crippen molar-refractivity contribution in [3.05, 3.63) is 23.0 Å². The molecule has 0 aromatic rings. The average molecular weight is 357 g/mol. The molecule has 128 valence electrons. The van der Waals surface area contributed by atoms with Gasteiger partial charge in [0, 0.05) is 0 Å². The highest BCUT2D eigenvalue weighted by molar-refractivity contribution is 6.30. The molecule has 0 aliphatic heterocycles. The van der Waals surface area contributed by atoms with Gasteiger partial charge in [-0.1, -0.05) is 37.4 Å². The van der Waals surface area contributed by atoms with Crippen LogP contribution in [0.5, 0.6) is 0 Å². The maximum Gasteiger partial charge on any atom is 0.426 e. The van der Waals surface area contributed by atoms with Gasteiger partial charge in [-0.3, -0.25) is 4.79 Å². The van der Waals surface area contributed by atoms with E-state index in [1.54, 1.807) is 13.8 Å². The summed E-state index contributed by atoms with van der Waals surface area (Å²) in [6.45, 7) is 1.95. The van der Waals surface area contributed by atoms with Gasteiger partial charge in [-0.25, -0.2) is 8.78 Å². The molecule has 3 atom stereocenters.